The normalized spacial score (nSPS) is 20.2. The number of rotatable bonds is 3. The van der Waals surface area contributed by atoms with Crippen LogP contribution in [0.2, 0.25) is 0 Å². The molecule has 0 aliphatic carbocycles. The van der Waals surface area contributed by atoms with Crippen molar-refractivity contribution in [2.24, 2.45) is 5.73 Å². The smallest absolute Gasteiger partial charge is 0.248 e. The number of thiocarbonyl (C=S) groups is 1. The highest BCUT2D eigenvalue weighted by molar-refractivity contribution is 7.80. The molecule has 1 aromatic rings. The van der Waals surface area contributed by atoms with E-state index >= 15 is 0 Å². The van der Waals surface area contributed by atoms with E-state index in [1.165, 1.54) is 0 Å². The Morgan fingerprint density at radius 3 is 2.85 bits per heavy atom. The Morgan fingerprint density at radius 2 is 2.20 bits per heavy atom. The second-order valence-electron chi connectivity index (χ2n) is 4.79. The summed E-state index contributed by atoms with van der Waals surface area (Å²) in [7, 11) is 0. The molecule has 1 fully saturated rings. The van der Waals surface area contributed by atoms with Crippen molar-refractivity contribution in [1.82, 2.24) is 10.2 Å². The molecule has 0 radical (unpaired) electrons. The van der Waals surface area contributed by atoms with Crippen molar-refractivity contribution < 1.29 is 9.53 Å². The van der Waals surface area contributed by atoms with Crippen LogP contribution in [0.3, 0.4) is 0 Å². The molecule has 6 heteroatoms. The Labute approximate surface area is 124 Å². The van der Waals surface area contributed by atoms with E-state index in [2.05, 4.69) is 5.32 Å². The van der Waals surface area contributed by atoms with Crippen molar-refractivity contribution >= 4 is 23.2 Å². The fourth-order valence-corrected chi connectivity index (χ4v) is 2.45. The summed E-state index contributed by atoms with van der Waals surface area (Å²) in [5.74, 6) is -0.450. The fourth-order valence-electron chi connectivity index (χ4n) is 2.11. The third-order valence-electron chi connectivity index (χ3n) is 3.31. The first kappa shape index (κ1) is 14.7. The van der Waals surface area contributed by atoms with Gasteiger partial charge in [0.15, 0.2) is 11.2 Å². The largest absolute Gasteiger partial charge is 0.367 e. The van der Waals surface area contributed by atoms with Gasteiger partial charge in [0.05, 0.1) is 19.2 Å². The average molecular weight is 293 g/mol. The van der Waals surface area contributed by atoms with Crippen molar-refractivity contribution in [2.75, 3.05) is 19.7 Å². The van der Waals surface area contributed by atoms with E-state index in [-0.39, 0.29) is 6.04 Å². The van der Waals surface area contributed by atoms with E-state index in [9.17, 15) is 4.79 Å². The molecule has 1 aliphatic rings. The molecule has 3 N–H and O–H groups in total. The predicted octanol–water partition coefficient (Wildman–Crippen LogP) is 0.808. The van der Waals surface area contributed by atoms with Crippen LogP contribution in [-0.2, 0) is 9.53 Å². The molecule has 0 unspecified atom stereocenters. The fraction of sp³-hybridized carbons (Fsp3) is 0.429. The minimum Gasteiger partial charge on any atom is -0.367 e. The number of amides is 1. The Hall–Kier alpha value is -1.66. The Balaban J connectivity index is 1.93. The molecule has 108 valence electrons. The Kier molecular flexibility index (Phi) is 4.92. The van der Waals surface area contributed by atoms with Crippen molar-refractivity contribution in [3.63, 3.8) is 0 Å². The highest BCUT2D eigenvalue weighted by atomic mass is 32.1. The molecule has 1 heterocycles. The zero-order chi connectivity index (χ0) is 14.5. The van der Waals surface area contributed by atoms with Gasteiger partial charge in [0, 0.05) is 6.54 Å². The quantitative estimate of drug-likeness (QED) is 0.807. The van der Waals surface area contributed by atoms with Gasteiger partial charge < -0.3 is 20.7 Å². The maximum atomic E-state index is 11.2. The van der Waals surface area contributed by atoms with Crippen molar-refractivity contribution in [3.8, 4) is 0 Å². The molecule has 20 heavy (non-hydrogen) atoms. The number of carbonyl (C=O) groups is 1. The molecule has 1 saturated heterocycles. The summed E-state index contributed by atoms with van der Waals surface area (Å²) in [6.07, 6.45) is -0.587. The van der Waals surface area contributed by atoms with Crippen molar-refractivity contribution in [3.05, 3.63) is 35.9 Å². The van der Waals surface area contributed by atoms with Gasteiger partial charge in [-0.05, 0) is 24.7 Å². The maximum Gasteiger partial charge on any atom is 0.248 e. The van der Waals surface area contributed by atoms with Gasteiger partial charge in [0.25, 0.3) is 0 Å². The van der Waals surface area contributed by atoms with Crippen LogP contribution in [0.25, 0.3) is 0 Å². The lowest BCUT2D eigenvalue weighted by Gasteiger charge is -2.34. The summed E-state index contributed by atoms with van der Waals surface area (Å²) in [6.45, 7) is 3.57. The molecular formula is C14H19N3O2S. The molecular weight excluding hydrogens is 274 g/mol. The number of hydrogen-bond donors (Lipinski definition) is 2. The molecule has 2 atom stereocenters. The van der Waals surface area contributed by atoms with Crippen molar-refractivity contribution in [2.45, 2.75) is 19.1 Å². The number of primary amides is 1. The number of hydrogen-bond acceptors (Lipinski definition) is 3. The first-order valence-corrected chi connectivity index (χ1v) is 7.00. The molecule has 5 nitrogen and oxygen atoms in total. The summed E-state index contributed by atoms with van der Waals surface area (Å²) in [5.41, 5.74) is 6.43. The first-order valence-electron chi connectivity index (χ1n) is 6.59. The molecule has 2 rings (SSSR count). The lowest BCUT2D eigenvalue weighted by Crippen LogP contribution is -2.53. The van der Waals surface area contributed by atoms with E-state index in [0.717, 1.165) is 5.56 Å². The van der Waals surface area contributed by atoms with Crippen LogP contribution in [0.15, 0.2) is 30.3 Å². The predicted molar refractivity (Wildman–Crippen MR) is 81.1 cm³/mol. The van der Waals surface area contributed by atoms with Crippen LogP contribution in [-0.4, -0.2) is 41.7 Å². The van der Waals surface area contributed by atoms with E-state index < -0.39 is 12.0 Å². The SMILES string of the molecule is C[C@H](NC(=S)N1CCO[C@@H](C(N)=O)C1)c1ccccc1. The van der Waals surface area contributed by atoms with Gasteiger partial charge in [-0.2, -0.15) is 0 Å². The molecule has 0 bridgehead atoms. The van der Waals surface area contributed by atoms with E-state index in [1.807, 2.05) is 42.2 Å². The molecule has 0 spiro atoms. The van der Waals surface area contributed by atoms with Gasteiger partial charge in [0.2, 0.25) is 5.91 Å². The first-order chi connectivity index (χ1) is 9.58. The second kappa shape index (κ2) is 6.67. The topological polar surface area (TPSA) is 67.6 Å². The van der Waals surface area contributed by atoms with Crippen LogP contribution in [0.1, 0.15) is 18.5 Å². The van der Waals surface area contributed by atoms with Crippen molar-refractivity contribution in [1.29, 1.82) is 0 Å². The highest BCUT2D eigenvalue weighted by Gasteiger charge is 2.26. The molecule has 1 aromatic carbocycles. The third-order valence-corrected chi connectivity index (χ3v) is 3.69. The summed E-state index contributed by atoms with van der Waals surface area (Å²) < 4.78 is 5.31. The lowest BCUT2D eigenvalue weighted by atomic mass is 10.1. The zero-order valence-electron chi connectivity index (χ0n) is 11.4. The number of nitrogens with one attached hydrogen (secondary N) is 1. The van der Waals surface area contributed by atoms with E-state index in [4.69, 9.17) is 22.7 Å². The summed E-state index contributed by atoms with van der Waals surface area (Å²) in [5, 5.41) is 3.90. The Bertz CT molecular complexity index is 481. The van der Waals surface area contributed by atoms with Crippen LogP contribution >= 0.6 is 12.2 Å². The van der Waals surface area contributed by atoms with Gasteiger partial charge in [0.1, 0.15) is 0 Å². The van der Waals surface area contributed by atoms with Gasteiger partial charge in [-0.1, -0.05) is 30.3 Å². The number of morpholine rings is 1. The highest BCUT2D eigenvalue weighted by Crippen LogP contribution is 2.13. The van der Waals surface area contributed by atoms with E-state index in [0.29, 0.717) is 24.8 Å². The van der Waals surface area contributed by atoms with Crippen LogP contribution < -0.4 is 11.1 Å². The maximum absolute atomic E-state index is 11.2. The van der Waals surface area contributed by atoms with Crippen LogP contribution in [0, 0.1) is 0 Å². The van der Waals surface area contributed by atoms with Crippen LogP contribution in [0.5, 0.6) is 0 Å². The summed E-state index contributed by atoms with van der Waals surface area (Å²) in [6, 6.07) is 10.2. The molecule has 1 amide bonds. The lowest BCUT2D eigenvalue weighted by molar-refractivity contribution is -0.133. The monoisotopic (exact) mass is 293 g/mol. The standard InChI is InChI=1S/C14H19N3O2S/c1-10(11-5-3-2-4-6-11)16-14(20)17-7-8-19-12(9-17)13(15)18/h2-6,10,12H,7-9H2,1H3,(H2,15,18)(H,16,20)/t10-,12+/m0/s1. The molecule has 1 aliphatic heterocycles. The van der Waals surface area contributed by atoms with Gasteiger partial charge in [-0.3, -0.25) is 4.79 Å². The summed E-state index contributed by atoms with van der Waals surface area (Å²) >= 11 is 5.40. The Morgan fingerprint density at radius 1 is 1.50 bits per heavy atom. The zero-order valence-corrected chi connectivity index (χ0v) is 12.2. The minimum atomic E-state index is -0.587. The molecule has 0 aromatic heterocycles. The third kappa shape index (κ3) is 3.68. The average Bonchev–Trinajstić information content (AvgIpc) is 2.48. The van der Waals surface area contributed by atoms with Gasteiger partial charge >= 0.3 is 0 Å². The molecule has 0 saturated carbocycles. The number of nitrogens with two attached hydrogens (primary N) is 1. The number of nitrogens with zero attached hydrogens (tertiary/aromatic N) is 1. The summed E-state index contributed by atoms with van der Waals surface area (Å²) in [4.78, 5) is 13.1. The van der Waals surface area contributed by atoms with Crippen LogP contribution in [0.4, 0.5) is 0 Å². The number of ether oxygens (including phenoxy) is 1. The number of benzene rings is 1. The van der Waals surface area contributed by atoms with Gasteiger partial charge in [-0.15, -0.1) is 0 Å². The van der Waals surface area contributed by atoms with E-state index in [1.54, 1.807) is 0 Å². The van der Waals surface area contributed by atoms with Gasteiger partial charge in [-0.25, -0.2) is 0 Å². The second-order valence-corrected chi connectivity index (χ2v) is 5.18. The minimum absolute atomic E-state index is 0.110. The number of carbonyl (C=O) groups excluding carboxylic acids is 1.